The molecular weight excluding hydrogens is 192 g/mol. The number of hydrogen-bond acceptors (Lipinski definition) is 3. The summed E-state index contributed by atoms with van der Waals surface area (Å²) < 4.78 is 16.8. The lowest BCUT2D eigenvalue weighted by Gasteiger charge is -2.29. The molecule has 0 aromatic rings. The Morgan fingerprint density at radius 3 is 2.67 bits per heavy atom. The van der Waals surface area contributed by atoms with Crippen LogP contribution in [0.15, 0.2) is 0 Å². The highest BCUT2D eigenvalue weighted by molar-refractivity contribution is 4.70. The summed E-state index contributed by atoms with van der Waals surface area (Å²) >= 11 is 0. The van der Waals surface area contributed by atoms with E-state index in [9.17, 15) is 0 Å². The Morgan fingerprint density at radius 1 is 1.13 bits per heavy atom. The van der Waals surface area contributed by atoms with Crippen LogP contribution in [0.4, 0.5) is 0 Å². The van der Waals surface area contributed by atoms with Crippen LogP contribution in [0.25, 0.3) is 0 Å². The lowest BCUT2D eigenvalue weighted by Crippen LogP contribution is -2.32. The molecule has 3 nitrogen and oxygen atoms in total. The van der Waals surface area contributed by atoms with Gasteiger partial charge in [0.05, 0.1) is 18.8 Å². The van der Waals surface area contributed by atoms with Crippen LogP contribution in [0.3, 0.4) is 0 Å². The van der Waals surface area contributed by atoms with Crippen LogP contribution >= 0.6 is 0 Å². The van der Waals surface area contributed by atoms with Crippen LogP contribution in [-0.2, 0) is 14.2 Å². The molecule has 0 saturated carbocycles. The third kappa shape index (κ3) is 3.74. The van der Waals surface area contributed by atoms with Gasteiger partial charge in [-0.2, -0.15) is 0 Å². The molecule has 0 N–H and O–H groups in total. The van der Waals surface area contributed by atoms with E-state index >= 15 is 0 Å². The van der Waals surface area contributed by atoms with Crippen molar-refractivity contribution in [1.82, 2.24) is 0 Å². The van der Waals surface area contributed by atoms with Gasteiger partial charge in [-0.25, -0.2) is 0 Å². The fraction of sp³-hybridized carbons (Fsp3) is 1.00. The van der Waals surface area contributed by atoms with Gasteiger partial charge < -0.3 is 14.2 Å². The number of hydrogen-bond donors (Lipinski definition) is 0. The molecule has 3 heteroatoms. The first kappa shape index (κ1) is 11.4. The van der Waals surface area contributed by atoms with E-state index in [0.717, 1.165) is 51.6 Å². The molecule has 0 radical (unpaired) electrons. The summed E-state index contributed by atoms with van der Waals surface area (Å²) in [4.78, 5) is 0. The van der Waals surface area contributed by atoms with Crippen molar-refractivity contribution >= 4 is 0 Å². The molecule has 0 amide bonds. The molecule has 2 fully saturated rings. The molecular formula is C12H22O3. The minimum atomic E-state index is 0.330. The normalized spacial score (nSPS) is 34.2. The van der Waals surface area contributed by atoms with Gasteiger partial charge in [-0.3, -0.25) is 0 Å². The van der Waals surface area contributed by atoms with Crippen molar-refractivity contribution in [3.05, 3.63) is 0 Å². The highest BCUT2D eigenvalue weighted by atomic mass is 16.5. The van der Waals surface area contributed by atoms with Crippen molar-refractivity contribution in [2.75, 3.05) is 26.4 Å². The highest BCUT2D eigenvalue weighted by Gasteiger charge is 2.21. The van der Waals surface area contributed by atoms with E-state index in [-0.39, 0.29) is 0 Å². The molecule has 2 saturated heterocycles. The molecule has 0 aromatic carbocycles. The Balaban J connectivity index is 1.63. The summed E-state index contributed by atoms with van der Waals surface area (Å²) in [6, 6.07) is 0. The quantitative estimate of drug-likeness (QED) is 0.719. The second-order valence-corrected chi connectivity index (χ2v) is 4.77. The topological polar surface area (TPSA) is 27.7 Å². The van der Waals surface area contributed by atoms with Crippen molar-refractivity contribution in [2.45, 2.75) is 44.8 Å². The zero-order chi connectivity index (χ0) is 10.5. The SMILES string of the molecule is CC1CCOC(COC2CCOCC2)C1. The molecule has 2 atom stereocenters. The second-order valence-electron chi connectivity index (χ2n) is 4.77. The van der Waals surface area contributed by atoms with Crippen LogP contribution in [0, 0.1) is 5.92 Å². The lowest BCUT2D eigenvalue weighted by molar-refractivity contribution is -0.0947. The highest BCUT2D eigenvalue weighted by Crippen LogP contribution is 2.20. The van der Waals surface area contributed by atoms with Crippen molar-refractivity contribution in [3.8, 4) is 0 Å². The third-order valence-corrected chi connectivity index (χ3v) is 3.32. The van der Waals surface area contributed by atoms with E-state index in [1.807, 2.05) is 0 Å². The van der Waals surface area contributed by atoms with Crippen LogP contribution in [0.1, 0.15) is 32.6 Å². The smallest absolute Gasteiger partial charge is 0.0811 e. The van der Waals surface area contributed by atoms with Gasteiger partial charge in [0.25, 0.3) is 0 Å². The summed E-state index contributed by atoms with van der Waals surface area (Å²) in [6.07, 6.45) is 5.18. The minimum Gasteiger partial charge on any atom is -0.381 e. The first-order valence-electron chi connectivity index (χ1n) is 6.15. The Bertz CT molecular complexity index is 178. The molecule has 15 heavy (non-hydrogen) atoms. The molecule has 2 aliphatic rings. The molecule has 0 aromatic heterocycles. The fourth-order valence-electron chi connectivity index (χ4n) is 2.27. The van der Waals surface area contributed by atoms with E-state index < -0.39 is 0 Å². The van der Waals surface area contributed by atoms with Crippen LogP contribution in [0.5, 0.6) is 0 Å². The van der Waals surface area contributed by atoms with Crippen molar-refractivity contribution in [2.24, 2.45) is 5.92 Å². The van der Waals surface area contributed by atoms with Gasteiger partial charge >= 0.3 is 0 Å². The number of ether oxygens (including phenoxy) is 3. The van der Waals surface area contributed by atoms with E-state index in [1.165, 1.54) is 6.42 Å². The number of rotatable bonds is 3. The Labute approximate surface area is 92.1 Å². The molecule has 0 aliphatic carbocycles. The fourth-order valence-corrected chi connectivity index (χ4v) is 2.27. The second kappa shape index (κ2) is 5.83. The molecule has 2 heterocycles. The lowest BCUT2D eigenvalue weighted by atomic mass is 9.98. The van der Waals surface area contributed by atoms with E-state index in [1.54, 1.807) is 0 Å². The molecule has 0 bridgehead atoms. The zero-order valence-electron chi connectivity index (χ0n) is 9.61. The zero-order valence-corrected chi connectivity index (χ0v) is 9.61. The maximum atomic E-state index is 5.87. The standard InChI is InChI=1S/C12H22O3/c1-10-2-7-14-12(8-10)9-15-11-3-5-13-6-4-11/h10-12H,2-9H2,1H3. The average molecular weight is 214 g/mol. The summed E-state index contributed by atoms with van der Waals surface area (Å²) in [5, 5.41) is 0. The van der Waals surface area contributed by atoms with E-state index in [2.05, 4.69) is 6.92 Å². The van der Waals surface area contributed by atoms with Gasteiger partial charge in [-0.05, 0) is 31.6 Å². The predicted molar refractivity (Wildman–Crippen MR) is 57.9 cm³/mol. The van der Waals surface area contributed by atoms with E-state index in [0.29, 0.717) is 12.2 Å². The summed E-state index contributed by atoms with van der Waals surface area (Å²) in [7, 11) is 0. The Kier molecular flexibility index (Phi) is 4.42. The maximum Gasteiger partial charge on any atom is 0.0811 e. The van der Waals surface area contributed by atoms with Crippen molar-refractivity contribution < 1.29 is 14.2 Å². The first-order chi connectivity index (χ1) is 7.34. The molecule has 2 rings (SSSR count). The van der Waals surface area contributed by atoms with Crippen molar-refractivity contribution in [3.63, 3.8) is 0 Å². The molecule has 88 valence electrons. The van der Waals surface area contributed by atoms with Crippen LogP contribution < -0.4 is 0 Å². The van der Waals surface area contributed by atoms with Gasteiger partial charge in [-0.1, -0.05) is 6.92 Å². The Hall–Kier alpha value is -0.120. The van der Waals surface area contributed by atoms with Gasteiger partial charge in [0.1, 0.15) is 0 Å². The van der Waals surface area contributed by atoms with Crippen LogP contribution in [0.2, 0.25) is 0 Å². The average Bonchev–Trinajstić information content (AvgIpc) is 2.28. The Morgan fingerprint density at radius 2 is 1.93 bits per heavy atom. The predicted octanol–water partition coefficient (Wildman–Crippen LogP) is 2.00. The minimum absolute atomic E-state index is 0.330. The molecule has 2 aliphatic heterocycles. The molecule has 2 unspecified atom stereocenters. The summed E-state index contributed by atoms with van der Waals surface area (Å²) in [5.41, 5.74) is 0. The van der Waals surface area contributed by atoms with E-state index in [4.69, 9.17) is 14.2 Å². The van der Waals surface area contributed by atoms with Crippen LogP contribution in [-0.4, -0.2) is 38.6 Å². The molecule has 0 spiro atoms. The maximum absolute atomic E-state index is 5.87. The first-order valence-corrected chi connectivity index (χ1v) is 6.15. The van der Waals surface area contributed by atoms with Gasteiger partial charge in [0.15, 0.2) is 0 Å². The van der Waals surface area contributed by atoms with Crippen molar-refractivity contribution in [1.29, 1.82) is 0 Å². The van der Waals surface area contributed by atoms with Gasteiger partial charge in [-0.15, -0.1) is 0 Å². The van der Waals surface area contributed by atoms with Gasteiger partial charge in [0, 0.05) is 19.8 Å². The summed E-state index contributed by atoms with van der Waals surface area (Å²) in [5.74, 6) is 0.794. The van der Waals surface area contributed by atoms with Gasteiger partial charge in [0.2, 0.25) is 0 Å². The summed E-state index contributed by atoms with van der Waals surface area (Å²) in [6.45, 7) is 5.68. The third-order valence-electron chi connectivity index (χ3n) is 3.32. The monoisotopic (exact) mass is 214 g/mol. The largest absolute Gasteiger partial charge is 0.381 e.